The molecule has 0 aliphatic heterocycles. The minimum atomic E-state index is -3.84. The summed E-state index contributed by atoms with van der Waals surface area (Å²) in [5.41, 5.74) is -1.01. The van der Waals surface area contributed by atoms with Crippen LogP contribution in [-0.2, 0) is 10.0 Å². The quantitative estimate of drug-likeness (QED) is 0.828. The predicted octanol–water partition coefficient (Wildman–Crippen LogP) is 1.58. The molecule has 20 heavy (non-hydrogen) atoms. The first-order valence-electron chi connectivity index (χ1n) is 6.74. The lowest BCUT2D eigenvalue weighted by molar-refractivity contribution is 0.0303. The van der Waals surface area contributed by atoms with E-state index in [2.05, 4.69) is 9.71 Å². The smallest absolute Gasteiger partial charge is 0.242 e. The summed E-state index contributed by atoms with van der Waals surface area (Å²) in [4.78, 5) is 3.29. The second-order valence-corrected chi connectivity index (χ2v) is 7.07. The zero-order chi connectivity index (χ0) is 14.6. The first-order valence-corrected chi connectivity index (χ1v) is 8.22. The van der Waals surface area contributed by atoms with Crippen LogP contribution in [-0.4, -0.2) is 30.7 Å². The summed E-state index contributed by atoms with van der Waals surface area (Å²) in [6.07, 6.45) is 7.08. The normalized spacial score (nSPS) is 19.5. The average Bonchev–Trinajstić information content (AvgIpc) is 2.62. The summed E-state index contributed by atoms with van der Waals surface area (Å²) in [5, 5.41) is 10.4. The Balaban J connectivity index is 2.05. The molecule has 1 aliphatic carbocycles. The van der Waals surface area contributed by atoms with Crippen molar-refractivity contribution in [1.82, 2.24) is 9.71 Å². The molecule has 5 nitrogen and oxygen atoms in total. The zero-order valence-electron chi connectivity index (χ0n) is 11.2. The van der Waals surface area contributed by atoms with E-state index in [9.17, 15) is 17.9 Å². The standard InChI is InChI=1S/C13H19FN2O3S/c14-11-7-12(9-15-8-11)20(18,19)16-10-13(17)5-3-1-2-4-6-13/h7-9,16-17H,1-6,10H2. The Bertz CT molecular complexity index is 554. The molecule has 1 fully saturated rings. The van der Waals surface area contributed by atoms with Crippen molar-refractivity contribution in [3.05, 3.63) is 24.3 Å². The minimum Gasteiger partial charge on any atom is -0.389 e. The average molecular weight is 302 g/mol. The van der Waals surface area contributed by atoms with Crippen molar-refractivity contribution in [2.75, 3.05) is 6.54 Å². The summed E-state index contributed by atoms with van der Waals surface area (Å²) < 4.78 is 39.4. The molecule has 1 aromatic heterocycles. The van der Waals surface area contributed by atoms with Crippen LogP contribution in [0.25, 0.3) is 0 Å². The highest BCUT2D eigenvalue weighted by Gasteiger charge is 2.30. The van der Waals surface area contributed by atoms with E-state index in [1.165, 1.54) is 0 Å². The van der Waals surface area contributed by atoms with E-state index in [-0.39, 0.29) is 11.4 Å². The van der Waals surface area contributed by atoms with Crippen molar-refractivity contribution >= 4 is 10.0 Å². The van der Waals surface area contributed by atoms with Crippen molar-refractivity contribution < 1.29 is 17.9 Å². The van der Waals surface area contributed by atoms with Crippen LogP contribution in [0.3, 0.4) is 0 Å². The zero-order valence-corrected chi connectivity index (χ0v) is 12.0. The molecule has 0 amide bonds. The largest absolute Gasteiger partial charge is 0.389 e. The van der Waals surface area contributed by atoms with Gasteiger partial charge in [-0.1, -0.05) is 25.7 Å². The molecule has 0 atom stereocenters. The number of nitrogens with zero attached hydrogens (tertiary/aromatic N) is 1. The van der Waals surface area contributed by atoms with Gasteiger partial charge in [0, 0.05) is 12.7 Å². The predicted molar refractivity (Wildman–Crippen MR) is 72.0 cm³/mol. The minimum absolute atomic E-state index is 0.0498. The first-order chi connectivity index (χ1) is 9.41. The molecule has 1 saturated carbocycles. The number of hydrogen-bond acceptors (Lipinski definition) is 4. The fourth-order valence-electron chi connectivity index (χ4n) is 2.42. The number of nitrogens with one attached hydrogen (secondary N) is 1. The SMILES string of the molecule is O=S(=O)(NCC1(O)CCCCCC1)c1cncc(F)c1. The van der Waals surface area contributed by atoms with Crippen molar-refractivity contribution in [2.45, 2.75) is 49.0 Å². The summed E-state index contributed by atoms with van der Waals surface area (Å²) in [6, 6.07) is 0.909. The maximum atomic E-state index is 13.0. The fraction of sp³-hybridized carbons (Fsp3) is 0.615. The maximum Gasteiger partial charge on any atom is 0.242 e. The third-order valence-corrected chi connectivity index (χ3v) is 4.98. The highest BCUT2D eigenvalue weighted by Crippen LogP contribution is 2.26. The first kappa shape index (κ1) is 15.3. The third kappa shape index (κ3) is 3.97. The topological polar surface area (TPSA) is 79.3 Å². The van der Waals surface area contributed by atoms with Gasteiger partial charge in [0.25, 0.3) is 0 Å². The molecular weight excluding hydrogens is 283 g/mol. The Kier molecular flexibility index (Phi) is 4.72. The number of hydrogen-bond donors (Lipinski definition) is 2. The summed E-state index contributed by atoms with van der Waals surface area (Å²) in [5.74, 6) is -0.707. The molecule has 0 spiro atoms. The van der Waals surface area contributed by atoms with Crippen LogP contribution < -0.4 is 4.72 Å². The Labute approximate surface area is 118 Å². The number of sulfonamides is 1. The van der Waals surface area contributed by atoms with Gasteiger partial charge in [-0.15, -0.1) is 0 Å². The molecule has 2 N–H and O–H groups in total. The molecule has 1 heterocycles. The van der Waals surface area contributed by atoms with Gasteiger partial charge in [-0.25, -0.2) is 17.5 Å². The van der Waals surface area contributed by atoms with Crippen LogP contribution in [0.15, 0.2) is 23.4 Å². The Morgan fingerprint density at radius 2 is 1.90 bits per heavy atom. The van der Waals surface area contributed by atoms with E-state index in [4.69, 9.17) is 0 Å². The van der Waals surface area contributed by atoms with E-state index >= 15 is 0 Å². The maximum absolute atomic E-state index is 13.0. The Hall–Kier alpha value is -1.05. The number of halogens is 1. The van der Waals surface area contributed by atoms with Crippen LogP contribution in [0.4, 0.5) is 4.39 Å². The molecule has 0 bridgehead atoms. The van der Waals surface area contributed by atoms with Gasteiger partial charge >= 0.3 is 0 Å². The van der Waals surface area contributed by atoms with Crippen LogP contribution >= 0.6 is 0 Å². The highest BCUT2D eigenvalue weighted by atomic mass is 32.2. The molecule has 0 unspecified atom stereocenters. The van der Waals surface area contributed by atoms with Crippen LogP contribution in [0.1, 0.15) is 38.5 Å². The Morgan fingerprint density at radius 1 is 1.25 bits per heavy atom. The van der Waals surface area contributed by atoms with Gasteiger partial charge in [-0.3, -0.25) is 4.98 Å². The van der Waals surface area contributed by atoms with E-state index in [0.29, 0.717) is 12.8 Å². The molecule has 1 aromatic rings. The van der Waals surface area contributed by atoms with Gasteiger partial charge in [-0.05, 0) is 18.9 Å². The summed E-state index contributed by atoms with van der Waals surface area (Å²) in [7, 11) is -3.84. The van der Waals surface area contributed by atoms with Crippen LogP contribution in [0.2, 0.25) is 0 Å². The number of rotatable bonds is 4. The van der Waals surface area contributed by atoms with Crippen molar-refractivity contribution in [2.24, 2.45) is 0 Å². The van der Waals surface area contributed by atoms with Gasteiger partial charge in [0.2, 0.25) is 10.0 Å². The molecule has 2 rings (SSSR count). The highest BCUT2D eigenvalue weighted by molar-refractivity contribution is 7.89. The van der Waals surface area contributed by atoms with Crippen LogP contribution in [0, 0.1) is 5.82 Å². The van der Waals surface area contributed by atoms with Gasteiger partial charge in [-0.2, -0.15) is 0 Å². The second-order valence-electron chi connectivity index (χ2n) is 5.30. The van der Waals surface area contributed by atoms with Gasteiger partial charge in [0.1, 0.15) is 10.7 Å². The van der Waals surface area contributed by atoms with Crippen LogP contribution in [0.5, 0.6) is 0 Å². The molecule has 1 aliphatic rings. The number of pyridine rings is 1. The van der Waals surface area contributed by atoms with E-state index < -0.39 is 21.4 Å². The molecule has 0 aromatic carbocycles. The van der Waals surface area contributed by atoms with Crippen molar-refractivity contribution in [3.63, 3.8) is 0 Å². The molecule has 7 heteroatoms. The van der Waals surface area contributed by atoms with E-state index in [1.807, 2.05) is 0 Å². The monoisotopic (exact) mass is 302 g/mol. The lowest BCUT2D eigenvalue weighted by Crippen LogP contribution is -2.42. The van der Waals surface area contributed by atoms with Crippen molar-refractivity contribution in [3.8, 4) is 0 Å². The lowest BCUT2D eigenvalue weighted by atomic mass is 9.95. The van der Waals surface area contributed by atoms with Crippen molar-refractivity contribution in [1.29, 1.82) is 0 Å². The van der Waals surface area contributed by atoms with Gasteiger partial charge in [0.15, 0.2) is 0 Å². The molecule has 0 radical (unpaired) electrons. The second kappa shape index (κ2) is 6.15. The number of aliphatic hydroxyl groups is 1. The lowest BCUT2D eigenvalue weighted by Gasteiger charge is -2.26. The summed E-state index contributed by atoms with van der Waals surface area (Å²) in [6.45, 7) is -0.0498. The fourth-order valence-corrected chi connectivity index (χ4v) is 3.51. The number of aromatic nitrogens is 1. The van der Waals surface area contributed by atoms with Gasteiger partial charge in [0.05, 0.1) is 11.8 Å². The molecule has 112 valence electrons. The third-order valence-electron chi connectivity index (χ3n) is 3.62. The van der Waals surface area contributed by atoms with E-state index in [1.54, 1.807) is 0 Å². The summed E-state index contributed by atoms with van der Waals surface area (Å²) >= 11 is 0. The molecule has 0 saturated heterocycles. The van der Waals surface area contributed by atoms with E-state index in [0.717, 1.165) is 44.1 Å². The molecular formula is C13H19FN2O3S. The van der Waals surface area contributed by atoms with Gasteiger partial charge < -0.3 is 5.11 Å². The Morgan fingerprint density at radius 3 is 2.50 bits per heavy atom.